The SMILES string of the molecule is Cc1nc(N2C3CCC2CN(C(=O)c2c(F)cccc2-n2nccn2)C3)sc1C. The Bertz CT molecular complexity index is 1030. The van der Waals surface area contributed by atoms with Gasteiger partial charge in [-0.15, -0.1) is 11.3 Å². The number of piperazine rings is 1. The number of benzene rings is 1. The maximum absolute atomic E-state index is 14.7. The second kappa shape index (κ2) is 6.91. The van der Waals surface area contributed by atoms with Gasteiger partial charge in [0.25, 0.3) is 5.91 Å². The van der Waals surface area contributed by atoms with E-state index in [1.165, 1.54) is 28.1 Å². The number of hydrogen-bond acceptors (Lipinski definition) is 6. The summed E-state index contributed by atoms with van der Waals surface area (Å²) in [6, 6.07) is 4.97. The summed E-state index contributed by atoms with van der Waals surface area (Å²) in [5.74, 6) is -0.857. The van der Waals surface area contributed by atoms with Crippen molar-refractivity contribution >= 4 is 22.4 Å². The minimum Gasteiger partial charge on any atom is -0.339 e. The molecule has 150 valence electrons. The van der Waals surface area contributed by atoms with Crippen molar-refractivity contribution in [2.45, 2.75) is 38.8 Å². The van der Waals surface area contributed by atoms with Crippen LogP contribution in [0, 0.1) is 19.7 Å². The van der Waals surface area contributed by atoms with Gasteiger partial charge in [-0.1, -0.05) is 6.07 Å². The van der Waals surface area contributed by atoms with E-state index in [2.05, 4.69) is 22.0 Å². The first-order valence-corrected chi connectivity index (χ1v) is 10.5. The smallest absolute Gasteiger partial charge is 0.259 e. The highest BCUT2D eigenvalue weighted by Gasteiger charge is 2.43. The summed E-state index contributed by atoms with van der Waals surface area (Å²) in [7, 11) is 0. The third-order valence-corrected chi connectivity index (χ3v) is 6.93. The molecule has 9 heteroatoms. The average molecular weight is 412 g/mol. The van der Waals surface area contributed by atoms with Gasteiger partial charge in [-0.25, -0.2) is 9.37 Å². The topological polar surface area (TPSA) is 67.2 Å². The third kappa shape index (κ3) is 3.00. The number of carbonyl (C=O) groups is 1. The molecule has 2 unspecified atom stereocenters. The van der Waals surface area contributed by atoms with Gasteiger partial charge >= 0.3 is 0 Å². The van der Waals surface area contributed by atoms with Crippen LogP contribution < -0.4 is 4.90 Å². The van der Waals surface area contributed by atoms with Crippen molar-refractivity contribution in [2.24, 2.45) is 0 Å². The molecule has 1 aromatic carbocycles. The van der Waals surface area contributed by atoms with E-state index in [4.69, 9.17) is 4.98 Å². The molecule has 1 amide bonds. The van der Waals surface area contributed by atoms with Gasteiger partial charge in [-0.05, 0) is 38.8 Å². The van der Waals surface area contributed by atoms with Crippen LogP contribution in [0.3, 0.4) is 0 Å². The summed E-state index contributed by atoms with van der Waals surface area (Å²) >= 11 is 1.71. The number of carbonyl (C=O) groups excluding carboxylic acids is 1. The molecule has 2 aromatic heterocycles. The van der Waals surface area contributed by atoms with E-state index in [1.54, 1.807) is 28.4 Å². The number of fused-ring (bicyclic) bond motifs is 2. The molecule has 2 bridgehead atoms. The summed E-state index contributed by atoms with van der Waals surface area (Å²) in [5, 5.41) is 9.18. The predicted molar refractivity (Wildman–Crippen MR) is 108 cm³/mol. The van der Waals surface area contributed by atoms with Crippen LogP contribution in [-0.4, -0.2) is 56.0 Å². The second-order valence-corrected chi connectivity index (χ2v) is 8.77. The van der Waals surface area contributed by atoms with Gasteiger partial charge in [0.05, 0.1) is 18.1 Å². The lowest BCUT2D eigenvalue weighted by Gasteiger charge is -2.41. The van der Waals surface area contributed by atoms with Gasteiger partial charge < -0.3 is 9.80 Å². The Balaban J connectivity index is 1.44. The number of aryl methyl sites for hydroxylation is 2. The van der Waals surface area contributed by atoms with Crippen LogP contribution >= 0.6 is 11.3 Å². The predicted octanol–water partition coefficient (Wildman–Crippen LogP) is 2.97. The van der Waals surface area contributed by atoms with Crippen molar-refractivity contribution < 1.29 is 9.18 Å². The van der Waals surface area contributed by atoms with E-state index < -0.39 is 5.82 Å². The highest BCUT2D eigenvalue weighted by molar-refractivity contribution is 7.15. The third-order valence-electron chi connectivity index (χ3n) is 5.85. The summed E-state index contributed by atoms with van der Waals surface area (Å²) in [6.07, 6.45) is 5.04. The van der Waals surface area contributed by atoms with Crippen molar-refractivity contribution in [1.82, 2.24) is 24.9 Å². The number of hydrogen-bond donors (Lipinski definition) is 0. The molecule has 29 heavy (non-hydrogen) atoms. The van der Waals surface area contributed by atoms with E-state index in [1.807, 2.05) is 6.92 Å². The molecule has 0 N–H and O–H groups in total. The minimum absolute atomic E-state index is 0.0255. The van der Waals surface area contributed by atoms with Crippen LogP contribution in [0.5, 0.6) is 0 Å². The first-order chi connectivity index (χ1) is 14.0. The molecule has 2 atom stereocenters. The second-order valence-electron chi connectivity index (χ2n) is 7.59. The lowest BCUT2D eigenvalue weighted by Crippen LogP contribution is -2.55. The zero-order valence-electron chi connectivity index (χ0n) is 16.2. The molecular weight excluding hydrogens is 391 g/mol. The number of anilines is 1. The first kappa shape index (κ1) is 18.2. The maximum Gasteiger partial charge on any atom is 0.259 e. The van der Waals surface area contributed by atoms with Gasteiger partial charge in [-0.3, -0.25) is 4.79 Å². The maximum atomic E-state index is 14.7. The van der Waals surface area contributed by atoms with Crippen LogP contribution in [0.2, 0.25) is 0 Å². The fourth-order valence-corrected chi connectivity index (χ4v) is 5.39. The summed E-state index contributed by atoms with van der Waals surface area (Å²) in [5.41, 5.74) is 1.45. The van der Waals surface area contributed by atoms with Gasteiger partial charge in [0.15, 0.2) is 5.13 Å². The highest BCUT2D eigenvalue weighted by atomic mass is 32.1. The molecule has 2 aliphatic heterocycles. The molecule has 7 nitrogen and oxygen atoms in total. The number of nitrogens with zero attached hydrogens (tertiary/aromatic N) is 6. The molecule has 3 aromatic rings. The summed E-state index contributed by atoms with van der Waals surface area (Å²) in [4.78, 5) is 24.7. The molecule has 0 radical (unpaired) electrons. The normalized spacial score (nSPS) is 21.1. The number of rotatable bonds is 3. The Hall–Kier alpha value is -2.81. The van der Waals surface area contributed by atoms with Crippen molar-refractivity contribution in [1.29, 1.82) is 0 Å². The van der Waals surface area contributed by atoms with E-state index in [0.29, 0.717) is 18.8 Å². The lowest BCUT2D eigenvalue weighted by atomic mass is 10.1. The van der Waals surface area contributed by atoms with Crippen LogP contribution in [0.4, 0.5) is 9.52 Å². The summed E-state index contributed by atoms with van der Waals surface area (Å²) in [6.45, 7) is 5.24. The number of aromatic nitrogens is 4. The van der Waals surface area contributed by atoms with E-state index in [0.717, 1.165) is 23.7 Å². The van der Waals surface area contributed by atoms with Gasteiger partial charge in [0, 0.05) is 30.1 Å². The fraction of sp³-hybridized carbons (Fsp3) is 0.400. The summed E-state index contributed by atoms with van der Waals surface area (Å²) < 4.78 is 14.7. The van der Waals surface area contributed by atoms with Crippen LogP contribution in [-0.2, 0) is 0 Å². The van der Waals surface area contributed by atoms with Crippen molar-refractivity contribution in [3.8, 4) is 5.69 Å². The number of amides is 1. The zero-order chi connectivity index (χ0) is 20.1. The van der Waals surface area contributed by atoms with Gasteiger partial charge in [-0.2, -0.15) is 15.0 Å². The number of halogens is 1. The monoisotopic (exact) mass is 412 g/mol. The Morgan fingerprint density at radius 1 is 1.14 bits per heavy atom. The van der Waals surface area contributed by atoms with Crippen molar-refractivity contribution in [2.75, 3.05) is 18.0 Å². The number of likely N-dealkylation sites (tertiary alicyclic amines) is 1. The standard InChI is InChI=1S/C20H21FN6OS/c1-12-13(2)29-20(24-12)26-14-6-7-15(26)11-25(10-14)19(28)18-16(21)4-3-5-17(18)27-22-8-9-23-27/h3-5,8-9,14-15H,6-7,10-11H2,1-2H3. The van der Waals surface area contributed by atoms with Crippen LogP contribution in [0.15, 0.2) is 30.6 Å². The Morgan fingerprint density at radius 3 is 2.45 bits per heavy atom. The van der Waals surface area contributed by atoms with E-state index in [-0.39, 0.29) is 23.6 Å². The van der Waals surface area contributed by atoms with E-state index in [9.17, 15) is 9.18 Å². The first-order valence-electron chi connectivity index (χ1n) is 9.69. The van der Waals surface area contributed by atoms with Crippen LogP contribution in [0.25, 0.3) is 5.69 Å². The number of thiazole rings is 1. The Morgan fingerprint density at radius 2 is 1.83 bits per heavy atom. The largest absolute Gasteiger partial charge is 0.339 e. The average Bonchev–Trinajstić information content (AvgIpc) is 3.40. The highest BCUT2D eigenvalue weighted by Crippen LogP contribution is 2.38. The molecular formula is C20H21FN6OS. The van der Waals surface area contributed by atoms with Crippen LogP contribution in [0.1, 0.15) is 33.8 Å². The lowest BCUT2D eigenvalue weighted by molar-refractivity contribution is 0.0712. The molecule has 5 rings (SSSR count). The van der Waals surface area contributed by atoms with Crippen molar-refractivity contribution in [3.05, 3.63) is 52.5 Å². The quantitative estimate of drug-likeness (QED) is 0.662. The van der Waals surface area contributed by atoms with Crippen molar-refractivity contribution in [3.63, 3.8) is 0 Å². The Kier molecular flexibility index (Phi) is 4.34. The molecule has 0 aliphatic carbocycles. The molecule has 2 fully saturated rings. The molecule has 2 saturated heterocycles. The van der Waals surface area contributed by atoms with E-state index >= 15 is 0 Å². The zero-order valence-corrected chi connectivity index (χ0v) is 17.1. The van der Waals surface area contributed by atoms with Gasteiger partial charge in [0.1, 0.15) is 17.1 Å². The fourth-order valence-electron chi connectivity index (χ4n) is 4.34. The molecule has 0 saturated carbocycles. The molecule has 0 spiro atoms. The minimum atomic E-state index is -0.550. The molecule has 4 heterocycles. The molecule has 2 aliphatic rings. The van der Waals surface area contributed by atoms with Gasteiger partial charge in [0.2, 0.25) is 0 Å². The Labute approximate surface area is 171 Å².